The number of carbonyl (C=O) groups is 1. The molecule has 0 heterocycles. The molecule has 0 saturated carbocycles. The molecule has 146 valence electrons. The SMILES string of the molecule is CC[C@@H](C)NS(=O)(=O)c1ccc(OCC(=O)Nc2cccc(Cl)c2Cl)cc1. The molecule has 2 rings (SSSR count). The smallest absolute Gasteiger partial charge is 0.262 e. The lowest BCUT2D eigenvalue weighted by Crippen LogP contribution is -2.31. The van der Waals surface area contributed by atoms with Crippen LogP contribution in [0, 0.1) is 0 Å². The van der Waals surface area contributed by atoms with Crippen molar-refractivity contribution in [1.82, 2.24) is 4.72 Å². The minimum atomic E-state index is -3.58. The van der Waals surface area contributed by atoms with Crippen molar-refractivity contribution < 1.29 is 17.9 Å². The molecule has 0 aliphatic heterocycles. The second-order valence-electron chi connectivity index (χ2n) is 5.84. The fourth-order valence-electron chi connectivity index (χ4n) is 2.07. The molecular formula is C18H20Cl2N2O4S. The molecule has 0 fully saturated rings. The number of benzene rings is 2. The van der Waals surface area contributed by atoms with Gasteiger partial charge in [-0.15, -0.1) is 0 Å². The second kappa shape index (κ2) is 9.41. The molecule has 1 atom stereocenters. The number of sulfonamides is 1. The van der Waals surface area contributed by atoms with Gasteiger partial charge in [-0.25, -0.2) is 13.1 Å². The van der Waals surface area contributed by atoms with Crippen LogP contribution in [0.2, 0.25) is 10.0 Å². The molecule has 0 spiro atoms. The zero-order valence-corrected chi connectivity index (χ0v) is 17.2. The van der Waals surface area contributed by atoms with Crippen LogP contribution in [0.25, 0.3) is 0 Å². The van der Waals surface area contributed by atoms with Gasteiger partial charge in [0.05, 0.1) is 20.6 Å². The maximum Gasteiger partial charge on any atom is 0.262 e. The van der Waals surface area contributed by atoms with Crippen molar-refractivity contribution in [2.24, 2.45) is 0 Å². The van der Waals surface area contributed by atoms with Gasteiger partial charge < -0.3 is 10.1 Å². The lowest BCUT2D eigenvalue weighted by molar-refractivity contribution is -0.118. The van der Waals surface area contributed by atoms with E-state index in [-0.39, 0.29) is 22.6 Å². The van der Waals surface area contributed by atoms with Crippen molar-refractivity contribution in [3.05, 3.63) is 52.5 Å². The molecule has 1 amide bonds. The first-order valence-electron chi connectivity index (χ1n) is 8.22. The third kappa shape index (κ3) is 6.10. The molecule has 9 heteroatoms. The van der Waals surface area contributed by atoms with E-state index in [0.29, 0.717) is 22.9 Å². The number of nitrogens with one attached hydrogen (secondary N) is 2. The van der Waals surface area contributed by atoms with Gasteiger partial charge in [-0.2, -0.15) is 0 Å². The summed E-state index contributed by atoms with van der Waals surface area (Å²) in [5, 5.41) is 3.18. The third-order valence-electron chi connectivity index (χ3n) is 3.70. The number of amides is 1. The van der Waals surface area contributed by atoms with Crippen LogP contribution < -0.4 is 14.8 Å². The first-order chi connectivity index (χ1) is 12.7. The number of halogens is 2. The van der Waals surface area contributed by atoms with Crippen molar-refractivity contribution >= 4 is 44.8 Å². The highest BCUT2D eigenvalue weighted by atomic mass is 35.5. The number of ether oxygens (including phenoxy) is 1. The molecule has 0 aromatic heterocycles. The molecule has 2 N–H and O–H groups in total. The van der Waals surface area contributed by atoms with E-state index in [1.165, 1.54) is 24.3 Å². The van der Waals surface area contributed by atoms with Gasteiger partial charge in [-0.05, 0) is 49.7 Å². The number of anilines is 1. The molecule has 0 aliphatic carbocycles. The van der Waals surface area contributed by atoms with Crippen LogP contribution in [-0.2, 0) is 14.8 Å². The lowest BCUT2D eigenvalue weighted by Gasteiger charge is -2.13. The summed E-state index contributed by atoms with van der Waals surface area (Å²) in [6.07, 6.45) is 0.687. The summed E-state index contributed by atoms with van der Waals surface area (Å²) >= 11 is 11.9. The van der Waals surface area contributed by atoms with E-state index in [2.05, 4.69) is 10.0 Å². The van der Waals surface area contributed by atoms with Crippen LogP contribution in [0.15, 0.2) is 47.4 Å². The summed E-state index contributed by atoms with van der Waals surface area (Å²) in [5.41, 5.74) is 0.385. The summed E-state index contributed by atoms with van der Waals surface area (Å²) < 4.78 is 32.4. The van der Waals surface area contributed by atoms with Gasteiger partial charge in [0, 0.05) is 6.04 Å². The highest BCUT2D eigenvalue weighted by molar-refractivity contribution is 7.89. The molecule has 0 radical (unpaired) electrons. The van der Waals surface area contributed by atoms with Gasteiger partial charge in [0.25, 0.3) is 5.91 Å². The van der Waals surface area contributed by atoms with Crippen LogP contribution in [0.5, 0.6) is 5.75 Å². The van der Waals surface area contributed by atoms with Gasteiger partial charge in [0.15, 0.2) is 6.61 Å². The summed E-state index contributed by atoms with van der Waals surface area (Å²) in [5.74, 6) is -0.0564. The first-order valence-corrected chi connectivity index (χ1v) is 10.5. The van der Waals surface area contributed by atoms with Crippen molar-refractivity contribution in [2.75, 3.05) is 11.9 Å². The molecule has 2 aromatic rings. The third-order valence-corrected chi connectivity index (χ3v) is 6.12. The molecule has 0 saturated heterocycles. The van der Waals surface area contributed by atoms with E-state index in [4.69, 9.17) is 27.9 Å². The Hall–Kier alpha value is -1.80. The van der Waals surface area contributed by atoms with Crippen molar-refractivity contribution in [1.29, 1.82) is 0 Å². The Labute approximate surface area is 168 Å². The van der Waals surface area contributed by atoms with Crippen LogP contribution in [0.1, 0.15) is 20.3 Å². The predicted molar refractivity (Wildman–Crippen MR) is 107 cm³/mol. The molecule has 27 heavy (non-hydrogen) atoms. The Morgan fingerprint density at radius 2 is 1.81 bits per heavy atom. The van der Waals surface area contributed by atoms with Gasteiger partial charge >= 0.3 is 0 Å². The van der Waals surface area contributed by atoms with E-state index in [1.54, 1.807) is 25.1 Å². The first kappa shape index (κ1) is 21.5. The Morgan fingerprint density at radius 3 is 2.44 bits per heavy atom. The van der Waals surface area contributed by atoms with Gasteiger partial charge in [0.1, 0.15) is 5.75 Å². The van der Waals surface area contributed by atoms with Crippen molar-refractivity contribution in [3.63, 3.8) is 0 Å². The molecule has 6 nitrogen and oxygen atoms in total. The van der Waals surface area contributed by atoms with Crippen LogP contribution in [0.3, 0.4) is 0 Å². The van der Waals surface area contributed by atoms with Crippen molar-refractivity contribution in [3.8, 4) is 5.75 Å². The fraction of sp³-hybridized carbons (Fsp3) is 0.278. The van der Waals surface area contributed by atoms with Crippen LogP contribution >= 0.6 is 23.2 Å². The molecule has 0 aliphatic rings. The number of carbonyl (C=O) groups excluding carboxylic acids is 1. The summed E-state index contributed by atoms with van der Waals surface area (Å²) in [6, 6.07) is 10.6. The maximum atomic E-state index is 12.2. The Kier molecular flexibility index (Phi) is 7.49. The lowest BCUT2D eigenvalue weighted by atomic mass is 10.3. The fourth-order valence-corrected chi connectivity index (χ4v) is 3.74. The zero-order valence-electron chi connectivity index (χ0n) is 14.8. The zero-order chi connectivity index (χ0) is 20.0. The van der Waals surface area contributed by atoms with Crippen molar-refractivity contribution in [2.45, 2.75) is 31.2 Å². The molecule has 2 aromatic carbocycles. The molecular weight excluding hydrogens is 411 g/mol. The minimum Gasteiger partial charge on any atom is -0.484 e. The standard InChI is InChI=1S/C18H20Cl2N2O4S/c1-3-12(2)22-27(24,25)14-9-7-13(8-10-14)26-11-17(23)21-16-6-4-5-15(19)18(16)20/h4-10,12,22H,3,11H2,1-2H3,(H,21,23)/t12-/m1/s1. The average molecular weight is 431 g/mol. The quantitative estimate of drug-likeness (QED) is 0.660. The monoisotopic (exact) mass is 430 g/mol. The minimum absolute atomic E-state index is 0.130. The summed E-state index contributed by atoms with van der Waals surface area (Å²) in [4.78, 5) is 12.1. The Bertz CT molecular complexity index is 902. The topological polar surface area (TPSA) is 84.5 Å². The highest BCUT2D eigenvalue weighted by Crippen LogP contribution is 2.29. The van der Waals surface area contributed by atoms with Gasteiger partial charge in [-0.1, -0.05) is 36.2 Å². The van der Waals surface area contributed by atoms with E-state index in [9.17, 15) is 13.2 Å². The average Bonchev–Trinajstić information content (AvgIpc) is 2.63. The van der Waals surface area contributed by atoms with E-state index in [0.717, 1.165) is 0 Å². The van der Waals surface area contributed by atoms with Crippen LogP contribution in [0.4, 0.5) is 5.69 Å². The van der Waals surface area contributed by atoms with Crippen LogP contribution in [-0.4, -0.2) is 27.0 Å². The van der Waals surface area contributed by atoms with E-state index >= 15 is 0 Å². The highest BCUT2D eigenvalue weighted by Gasteiger charge is 2.16. The van der Waals surface area contributed by atoms with E-state index in [1.807, 2.05) is 6.92 Å². The maximum absolute atomic E-state index is 12.2. The number of rotatable bonds is 8. The van der Waals surface area contributed by atoms with E-state index < -0.39 is 15.9 Å². The summed E-state index contributed by atoms with van der Waals surface area (Å²) in [7, 11) is -3.58. The Morgan fingerprint density at radius 1 is 1.15 bits per heavy atom. The largest absolute Gasteiger partial charge is 0.484 e. The molecule has 0 unspecified atom stereocenters. The van der Waals surface area contributed by atoms with Gasteiger partial charge in [0.2, 0.25) is 10.0 Å². The number of hydrogen-bond acceptors (Lipinski definition) is 4. The summed E-state index contributed by atoms with van der Waals surface area (Å²) in [6.45, 7) is 3.42. The predicted octanol–water partition coefficient (Wildman–Crippen LogP) is 4.09. The number of hydrogen-bond donors (Lipinski definition) is 2. The normalized spacial score (nSPS) is 12.4. The Balaban J connectivity index is 1.95. The second-order valence-corrected chi connectivity index (χ2v) is 8.34. The van der Waals surface area contributed by atoms with Gasteiger partial charge in [-0.3, -0.25) is 4.79 Å². The molecule has 0 bridgehead atoms.